The molecule has 0 saturated heterocycles. The Morgan fingerprint density at radius 2 is 1.00 bits per heavy atom. The lowest BCUT2D eigenvalue weighted by Gasteiger charge is -2.28. The molecule has 2 nitrogen and oxygen atoms in total. The van der Waals surface area contributed by atoms with Crippen LogP contribution in [0.5, 0.6) is 0 Å². The third kappa shape index (κ3) is 17.2. The largest absolute Gasteiger partial charge is 0.390 e. The fraction of sp³-hybridized carbons (Fsp3) is 0.667. The molecule has 0 spiro atoms. The Morgan fingerprint density at radius 1 is 0.625 bits per heavy atom. The van der Waals surface area contributed by atoms with Gasteiger partial charge >= 0.3 is 0 Å². The molecule has 0 aliphatic heterocycles. The molecule has 2 heteroatoms. The van der Waals surface area contributed by atoms with Gasteiger partial charge in [-0.3, -0.25) is 0 Å². The van der Waals surface area contributed by atoms with Gasteiger partial charge in [0.05, 0.1) is 11.7 Å². The molecule has 0 fully saturated rings. The monoisotopic (exact) mass is 444 g/mol. The lowest BCUT2D eigenvalue weighted by molar-refractivity contribution is -0.0689. The van der Waals surface area contributed by atoms with Crippen LogP contribution in [0.3, 0.4) is 0 Å². The zero-order chi connectivity index (χ0) is 24.6. The number of allylic oxidation sites excluding steroid dienone is 10. The molecule has 0 saturated carbocycles. The van der Waals surface area contributed by atoms with Crippen molar-refractivity contribution in [3.8, 4) is 0 Å². The van der Waals surface area contributed by atoms with Crippen molar-refractivity contribution < 1.29 is 10.2 Å². The van der Waals surface area contributed by atoms with Crippen LogP contribution in [0.15, 0.2) is 58.2 Å². The fourth-order valence-corrected chi connectivity index (χ4v) is 3.61. The summed E-state index contributed by atoms with van der Waals surface area (Å²) in [7, 11) is 0. The van der Waals surface area contributed by atoms with E-state index < -0.39 is 11.7 Å². The van der Waals surface area contributed by atoms with Crippen LogP contribution in [0.2, 0.25) is 0 Å². The molecule has 0 bridgehead atoms. The second kappa shape index (κ2) is 17.1. The van der Waals surface area contributed by atoms with Gasteiger partial charge < -0.3 is 10.2 Å². The summed E-state index contributed by atoms with van der Waals surface area (Å²) in [6.45, 7) is 16.9. The Labute approximate surface area is 199 Å². The normalized spacial score (nSPS) is 15.9. The Kier molecular flexibility index (Phi) is 16.4. The minimum Gasteiger partial charge on any atom is -0.390 e. The number of aliphatic hydroxyl groups excluding tert-OH is 1. The van der Waals surface area contributed by atoms with Gasteiger partial charge in [-0.2, -0.15) is 0 Å². The maximum atomic E-state index is 10.7. The van der Waals surface area contributed by atoms with Gasteiger partial charge in [-0.25, -0.2) is 0 Å². The molecule has 0 aromatic carbocycles. The molecular formula is C30H52O2. The summed E-state index contributed by atoms with van der Waals surface area (Å²) in [6.07, 6.45) is 20.0. The first-order chi connectivity index (χ1) is 14.9. The van der Waals surface area contributed by atoms with E-state index in [-0.39, 0.29) is 0 Å². The van der Waals surface area contributed by atoms with Gasteiger partial charge in [0.2, 0.25) is 0 Å². The number of aliphatic hydroxyl groups is 2. The molecule has 0 rings (SSSR count). The first kappa shape index (κ1) is 30.6. The summed E-state index contributed by atoms with van der Waals surface area (Å²) in [6, 6.07) is 0. The first-order valence-corrected chi connectivity index (χ1v) is 12.6. The quantitative estimate of drug-likeness (QED) is 0.233. The van der Waals surface area contributed by atoms with Gasteiger partial charge in [-0.05, 0) is 120 Å². The molecule has 0 aromatic rings. The summed E-state index contributed by atoms with van der Waals surface area (Å²) in [5, 5.41) is 21.2. The summed E-state index contributed by atoms with van der Waals surface area (Å²) in [5.74, 6) is 0. The highest BCUT2D eigenvalue weighted by atomic mass is 16.3. The highest BCUT2D eigenvalue weighted by Gasteiger charge is 2.28. The SMILES string of the molecule is CC(C)=CCC/C(C)=C/CC/C(C)=C/CC[C@@H](O)[C@@](C)(O)CC/C=C(\C)CCC=C(C)C. The van der Waals surface area contributed by atoms with Crippen molar-refractivity contribution in [1.29, 1.82) is 0 Å². The van der Waals surface area contributed by atoms with E-state index in [1.165, 1.54) is 27.9 Å². The van der Waals surface area contributed by atoms with Crippen molar-refractivity contribution in [2.75, 3.05) is 0 Å². The molecule has 2 atom stereocenters. The molecule has 0 amide bonds. The van der Waals surface area contributed by atoms with Crippen molar-refractivity contribution in [1.82, 2.24) is 0 Å². The average Bonchev–Trinajstić information content (AvgIpc) is 2.67. The zero-order valence-electron chi connectivity index (χ0n) is 22.4. The smallest absolute Gasteiger partial charge is 0.0880 e. The predicted molar refractivity (Wildman–Crippen MR) is 143 cm³/mol. The number of hydrogen-bond donors (Lipinski definition) is 2. The summed E-state index contributed by atoms with van der Waals surface area (Å²) < 4.78 is 0. The molecule has 0 radical (unpaired) electrons. The summed E-state index contributed by atoms with van der Waals surface area (Å²) in [4.78, 5) is 0. The minimum absolute atomic E-state index is 0.591. The van der Waals surface area contributed by atoms with Crippen LogP contribution in [0.4, 0.5) is 0 Å². The molecule has 0 aliphatic carbocycles. The maximum absolute atomic E-state index is 10.7. The Balaban J connectivity index is 4.29. The number of rotatable bonds is 16. The van der Waals surface area contributed by atoms with Crippen molar-refractivity contribution >= 4 is 0 Å². The fourth-order valence-electron chi connectivity index (χ4n) is 3.61. The van der Waals surface area contributed by atoms with Crippen LogP contribution in [-0.2, 0) is 0 Å². The maximum Gasteiger partial charge on any atom is 0.0880 e. The topological polar surface area (TPSA) is 40.5 Å². The number of hydrogen-bond acceptors (Lipinski definition) is 2. The molecule has 2 N–H and O–H groups in total. The van der Waals surface area contributed by atoms with Gasteiger partial charge in [0, 0.05) is 0 Å². The predicted octanol–water partition coefficient (Wildman–Crippen LogP) is 8.77. The van der Waals surface area contributed by atoms with Crippen molar-refractivity contribution in [3.05, 3.63) is 58.2 Å². The molecule has 184 valence electrons. The standard InChI is InChI=1S/C30H52O2/c1-24(2)14-9-16-26(5)18-11-19-27(6)20-12-22-29(31)30(8,32)23-13-21-28(7)17-10-15-25(3)4/h14-15,18,20-21,29,31-32H,9-13,16-17,19,22-23H2,1-8H3/b26-18+,27-20+,28-21+/t29-,30+/m1/s1. The van der Waals surface area contributed by atoms with Crippen molar-refractivity contribution in [2.24, 2.45) is 0 Å². The van der Waals surface area contributed by atoms with E-state index in [0.717, 1.165) is 51.4 Å². The van der Waals surface area contributed by atoms with Crippen LogP contribution in [0, 0.1) is 0 Å². The van der Waals surface area contributed by atoms with Gasteiger partial charge in [-0.15, -0.1) is 0 Å². The third-order valence-corrected chi connectivity index (χ3v) is 6.01. The van der Waals surface area contributed by atoms with Crippen LogP contribution in [0.25, 0.3) is 0 Å². The van der Waals surface area contributed by atoms with Gasteiger partial charge in [-0.1, -0.05) is 58.2 Å². The highest BCUT2D eigenvalue weighted by Crippen LogP contribution is 2.22. The van der Waals surface area contributed by atoms with Crippen LogP contribution in [-0.4, -0.2) is 21.9 Å². The molecular weight excluding hydrogens is 392 g/mol. The summed E-state index contributed by atoms with van der Waals surface area (Å²) in [5.41, 5.74) is 5.88. The minimum atomic E-state index is -1.04. The van der Waals surface area contributed by atoms with E-state index in [0.29, 0.717) is 12.8 Å². The Bertz CT molecular complexity index is 663. The van der Waals surface area contributed by atoms with E-state index in [2.05, 4.69) is 78.8 Å². The van der Waals surface area contributed by atoms with Crippen LogP contribution >= 0.6 is 0 Å². The van der Waals surface area contributed by atoms with Crippen LogP contribution < -0.4 is 0 Å². The van der Waals surface area contributed by atoms with E-state index in [4.69, 9.17) is 0 Å². The lowest BCUT2D eigenvalue weighted by atomic mass is 9.89. The first-order valence-electron chi connectivity index (χ1n) is 12.6. The highest BCUT2D eigenvalue weighted by molar-refractivity contribution is 5.06. The Morgan fingerprint density at radius 3 is 1.44 bits per heavy atom. The van der Waals surface area contributed by atoms with Crippen molar-refractivity contribution in [3.63, 3.8) is 0 Å². The van der Waals surface area contributed by atoms with Gasteiger partial charge in [0.15, 0.2) is 0 Å². The second-order valence-electron chi connectivity index (χ2n) is 10.3. The Hall–Kier alpha value is -1.38. The van der Waals surface area contributed by atoms with E-state index in [9.17, 15) is 10.2 Å². The van der Waals surface area contributed by atoms with Crippen molar-refractivity contribution in [2.45, 2.75) is 131 Å². The lowest BCUT2D eigenvalue weighted by Crippen LogP contribution is -2.39. The second-order valence-corrected chi connectivity index (χ2v) is 10.3. The molecule has 32 heavy (non-hydrogen) atoms. The molecule has 0 unspecified atom stereocenters. The average molecular weight is 445 g/mol. The van der Waals surface area contributed by atoms with Gasteiger partial charge in [0.25, 0.3) is 0 Å². The van der Waals surface area contributed by atoms with E-state index in [1.54, 1.807) is 6.92 Å². The molecule has 0 aromatic heterocycles. The van der Waals surface area contributed by atoms with E-state index in [1.807, 2.05) is 0 Å². The van der Waals surface area contributed by atoms with E-state index >= 15 is 0 Å². The third-order valence-electron chi connectivity index (χ3n) is 6.01. The van der Waals surface area contributed by atoms with Gasteiger partial charge in [0.1, 0.15) is 0 Å². The molecule has 0 aliphatic rings. The molecule has 0 heterocycles. The van der Waals surface area contributed by atoms with Crippen LogP contribution in [0.1, 0.15) is 120 Å². The summed E-state index contributed by atoms with van der Waals surface area (Å²) >= 11 is 0. The zero-order valence-corrected chi connectivity index (χ0v) is 22.4.